The lowest BCUT2D eigenvalue weighted by Crippen LogP contribution is -1.78. The molecule has 1 heterocycles. The van der Waals surface area contributed by atoms with Gasteiger partial charge in [0.1, 0.15) is 11.5 Å². The molecule has 2 rings (SSSR count). The van der Waals surface area contributed by atoms with Crippen molar-refractivity contribution < 1.29 is 9.52 Å². The minimum Gasteiger partial charge on any atom is -0.508 e. The smallest absolute Gasteiger partial charge is 0.227 e. The van der Waals surface area contributed by atoms with Gasteiger partial charge in [-0.05, 0) is 41.1 Å². The average molecular weight is 254 g/mol. The highest BCUT2D eigenvalue weighted by Gasteiger charge is 2.09. The lowest BCUT2D eigenvalue weighted by molar-refractivity contribution is 0.474. The van der Waals surface area contributed by atoms with E-state index in [2.05, 4.69) is 20.9 Å². The standard InChI is InChI=1S/C10H8BrNO2/c1-6-5-12-10(14-6)8-4-7(13)2-3-9(8)11/h2-5,13H,1H3. The Labute approximate surface area is 89.5 Å². The molecule has 1 aromatic heterocycles. The van der Waals surface area contributed by atoms with Gasteiger partial charge in [-0.15, -0.1) is 0 Å². The van der Waals surface area contributed by atoms with E-state index in [9.17, 15) is 5.11 Å². The second-order valence-corrected chi connectivity index (χ2v) is 3.79. The van der Waals surface area contributed by atoms with Crippen molar-refractivity contribution in [2.24, 2.45) is 0 Å². The summed E-state index contributed by atoms with van der Waals surface area (Å²) in [5, 5.41) is 9.32. The third-order valence-electron chi connectivity index (χ3n) is 1.80. The number of phenolic OH excluding ortho intramolecular Hbond substituents is 1. The lowest BCUT2D eigenvalue weighted by Gasteiger charge is -2.00. The topological polar surface area (TPSA) is 46.3 Å². The van der Waals surface area contributed by atoms with Crippen molar-refractivity contribution in [2.75, 3.05) is 0 Å². The number of oxazole rings is 1. The molecule has 0 aliphatic heterocycles. The van der Waals surface area contributed by atoms with Gasteiger partial charge in [0.05, 0.1) is 11.8 Å². The molecule has 0 fully saturated rings. The van der Waals surface area contributed by atoms with Crippen LogP contribution < -0.4 is 0 Å². The molecular formula is C10H8BrNO2. The summed E-state index contributed by atoms with van der Waals surface area (Å²) in [4.78, 5) is 4.08. The van der Waals surface area contributed by atoms with Crippen molar-refractivity contribution >= 4 is 15.9 Å². The highest BCUT2D eigenvalue weighted by molar-refractivity contribution is 9.10. The molecule has 0 aliphatic carbocycles. The van der Waals surface area contributed by atoms with Crippen LogP contribution in [0.15, 0.2) is 33.3 Å². The van der Waals surface area contributed by atoms with Crippen LogP contribution in [0.1, 0.15) is 5.76 Å². The number of aromatic hydroxyl groups is 1. The van der Waals surface area contributed by atoms with Gasteiger partial charge in [-0.3, -0.25) is 0 Å². The zero-order chi connectivity index (χ0) is 10.1. The molecule has 3 nitrogen and oxygen atoms in total. The molecule has 0 amide bonds. The summed E-state index contributed by atoms with van der Waals surface area (Å²) in [6.07, 6.45) is 1.64. The maximum atomic E-state index is 9.32. The van der Waals surface area contributed by atoms with Gasteiger partial charge < -0.3 is 9.52 Å². The molecular weight excluding hydrogens is 246 g/mol. The van der Waals surface area contributed by atoms with Crippen molar-refractivity contribution in [3.63, 3.8) is 0 Å². The highest BCUT2D eigenvalue weighted by Crippen LogP contribution is 2.30. The third-order valence-corrected chi connectivity index (χ3v) is 2.49. The Morgan fingerprint density at radius 2 is 2.21 bits per heavy atom. The van der Waals surface area contributed by atoms with E-state index in [-0.39, 0.29) is 5.75 Å². The molecule has 14 heavy (non-hydrogen) atoms. The molecule has 2 aromatic rings. The molecule has 72 valence electrons. The highest BCUT2D eigenvalue weighted by atomic mass is 79.9. The Morgan fingerprint density at radius 3 is 2.86 bits per heavy atom. The van der Waals surface area contributed by atoms with Crippen LogP contribution in [-0.4, -0.2) is 10.1 Å². The van der Waals surface area contributed by atoms with Crippen LogP contribution in [0, 0.1) is 6.92 Å². The number of halogens is 1. The summed E-state index contributed by atoms with van der Waals surface area (Å²) in [6.45, 7) is 1.83. The quantitative estimate of drug-likeness (QED) is 0.850. The first kappa shape index (κ1) is 9.27. The van der Waals surface area contributed by atoms with E-state index in [0.29, 0.717) is 5.89 Å². The van der Waals surface area contributed by atoms with Gasteiger partial charge in [0.15, 0.2) is 0 Å². The zero-order valence-electron chi connectivity index (χ0n) is 7.49. The Hall–Kier alpha value is -1.29. The Bertz CT molecular complexity index is 465. The molecule has 4 heteroatoms. The molecule has 1 aromatic carbocycles. The molecule has 0 saturated carbocycles. The van der Waals surface area contributed by atoms with Gasteiger partial charge in [-0.1, -0.05) is 0 Å². The van der Waals surface area contributed by atoms with Crippen molar-refractivity contribution in [3.05, 3.63) is 34.6 Å². The van der Waals surface area contributed by atoms with Crippen molar-refractivity contribution in [1.82, 2.24) is 4.98 Å². The molecule has 0 saturated heterocycles. The summed E-state index contributed by atoms with van der Waals surface area (Å²) >= 11 is 3.37. The van der Waals surface area contributed by atoms with E-state index in [4.69, 9.17) is 4.42 Å². The number of benzene rings is 1. The summed E-state index contributed by atoms with van der Waals surface area (Å²) in [7, 11) is 0. The molecule has 0 spiro atoms. The Kier molecular flexibility index (Phi) is 2.29. The van der Waals surface area contributed by atoms with Crippen LogP contribution in [0.5, 0.6) is 5.75 Å². The monoisotopic (exact) mass is 253 g/mol. The van der Waals surface area contributed by atoms with Crippen LogP contribution in [0.3, 0.4) is 0 Å². The predicted molar refractivity (Wildman–Crippen MR) is 56.0 cm³/mol. The van der Waals surface area contributed by atoms with Gasteiger partial charge in [0, 0.05) is 4.47 Å². The van der Waals surface area contributed by atoms with Gasteiger partial charge in [0.2, 0.25) is 5.89 Å². The maximum absolute atomic E-state index is 9.32. The molecule has 0 aliphatic rings. The summed E-state index contributed by atoms with van der Waals surface area (Å²) in [5.74, 6) is 1.44. The Morgan fingerprint density at radius 1 is 1.43 bits per heavy atom. The number of aromatic nitrogens is 1. The van der Waals surface area contributed by atoms with E-state index < -0.39 is 0 Å². The van der Waals surface area contributed by atoms with E-state index in [0.717, 1.165) is 15.8 Å². The molecule has 1 N–H and O–H groups in total. The maximum Gasteiger partial charge on any atom is 0.227 e. The van der Waals surface area contributed by atoms with Crippen LogP contribution in [0.25, 0.3) is 11.5 Å². The third kappa shape index (κ3) is 1.65. The van der Waals surface area contributed by atoms with Crippen molar-refractivity contribution in [2.45, 2.75) is 6.92 Å². The first-order chi connectivity index (χ1) is 6.66. The van der Waals surface area contributed by atoms with E-state index in [1.54, 1.807) is 24.4 Å². The van der Waals surface area contributed by atoms with E-state index in [1.165, 1.54) is 0 Å². The van der Waals surface area contributed by atoms with Gasteiger partial charge in [-0.25, -0.2) is 4.98 Å². The number of phenols is 1. The first-order valence-electron chi connectivity index (χ1n) is 4.08. The first-order valence-corrected chi connectivity index (χ1v) is 4.87. The second-order valence-electron chi connectivity index (χ2n) is 2.94. The lowest BCUT2D eigenvalue weighted by atomic mass is 10.2. The summed E-state index contributed by atoms with van der Waals surface area (Å²) in [5.41, 5.74) is 0.748. The fraction of sp³-hybridized carbons (Fsp3) is 0.100. The van der Waals surface area contributed by atoms with E-state index in [1.807, 2.05) is 6.92 Å². The van der Waals surface area contributed by atoms with E-state index >= 15 is 0 Å². The number of rotatable bonds is 1. The summed E-state index contributed by atoms with van der Waals surface area (Å²) in [6, 6.07) is 4.96. The Balaban J connectivity index is 2.55. The van der Waals surface area contributed by atoms with Crippen LogP contribution >= 0.6 is 15.9 Å². The van der Waals surface area contributed by atoms with Crippen LogP contribution in [0.2, 0.25) is 0 Å². The molecule has 0 atom stereocenters. The molecule has 0 bridgehead atoms. The fourth-order valence-electron chi connectivity index (χ4n) is 1.16. The minimum atomic E-state index is 0.194. The molecule has 0 radical (unpaired) electrons. The average Bonchev–Trinajstić information content (AvgIpc) is 2.56. The second kappa shape index (κ2) is 3.46. The van der Waals surface area contributed by atoms with Crippen LogP contribution in [0.4, 0.5) is 0 Å². The van der Waals surface area contributed by atoms with Gasteiger partial charge >= 0.3 is 0 Å². The summed E-state index contributed by atoms with van der Waals surface area (Å²) < 4.78 is 6.20. The number of aryl methyl sites for hydroxylation is 1. The number of hydrogen-bond donors (Lipinski definition) is 1. The molecule has 0 unspecified atom stereocenters. The minimum absolute atomic E-state index is 0.194. The zero-order valence-corrected chi connectivity index (χ0v) is 9.08. The van der Waals surface area contributed by atoms with Crippen LogP contribution in [-0.2, 0) is 0 Å². The van der Waals surface area contributed by atoms with Crippen molar-refractivity contribution in [3.8, 4) is 17.2 Å². The van der Waals surface area contributed by atoms with Gasteiger partial charge in [-0.2, -0.15) is 0 Å². The number of nitrogens with zero attached hydrogens (tertiary/aromatic N) is 1. The van der Waals surface area contributed by atoms with Crippen molar-refractivity contribution in [1.29, 1.82) is 0 Å². The SMILES string of the molecule is Cc1cnc(-c2cc(O)ccc2Br)o1. The largest absolute Gasteiger partial charge is 0.508 e. The fourth-order valence-corrected chi connectivity index (χ4v) is 1.57. The predicted octanol–water partition coefficient (Wildman–Crippen LogP) is 3.12. The number of hydrogen-bond acceptors (Lipinski definition) is 3. The van der Waals surface area contributed by atoms with Gasteiger partial charge in [0.25, 0.3) is 0 Å². The normalized spacial score (nSPS) is 10.4.